The van der Waals surface area contributed by atoms with Gasteiger partial charge in [-0.3, -0.25) is 4.79 Å². The van der Waals surface area contributed by atoms with Crippen molar-refractivity contribution in [3.63, 3.8) is 0 Å². The molecule has 0 bridgehead atoms. The number of aliphatic hydroxyl groups excluding tert-OH is 1. The third kappa shape index (κ3) is 4.15. The fraction of sp³-hybridized carbons (Fsp3) is 0.533. The Bertz CT molecular complexity index is 419. The molecule has 0 spiro atoms. The molecule has 2 N–H and O–H groups in total. The first-order valence-electron chi connectivity index (χ1n) is 6.36. The van der Waals surface area contributed by atoms with Gasteiger partial charge < -0.3 is 10.4 Å². The number of hydrogen-bond acceptors (Lipinski definition) is 2. The highest BCUT2D eigenvalue weighted by Crippen LogP contribution is 2.26. The van der Waals surface area contributed by atoms with E-state index in [1.165, 1.54) is 5.56 Å². The number of nitrogens with one attached hydrogen (secondary N) is 1. The third-order valence-electron chi connectivity index (χ3n) is 2.94. The van der Waals surface area contributed by atoms with Gasteiger partial charge in [-0.1, -0.05) is 32.9 Å². The predicted octanol–water partition coefficient (Wildman–Crippen LogP) is 3.00. The number of rotatable bonds is 4. The van der Waals surface area contributed by atoms with E-state index in [-0.39, 0.29) is 17.9 Å². The molecular formula is C15H23NO2. The molecular weight excluding hydrogens is 226 g/mol. The Morgan fingerprint density at radius 2 is 2.00 bits per heavy atom. The second-order valence-corrected chi connectivity index (χ2v) is 5.66. The van der Waals surface area contributed by atoms with Crippen LogP contribution < -0.4 is 5.32 Å². The van der Waals surface area contributed by atoms with Gasteiger partial charge in [-0.15, -0.1) is 0 Å². The number of benzene rings is 1. The van der Waals surface area contributed by atoms with Crippen LogP contribution in [0.25, 0.3) is 0 Å². The van der Waals surface area contributed by atoms with Crippen LogP contribution in [0, 0.1) is 6.92 Å². The molecule has 1 aromatic rings. The highest BCUT2D eigenvalue weighted by molar-refractivity contribution is 5.91. The monoisotopic (exact) mass is 249 g/mol. The first kappa shape index (κ1) is 14.7. The van der Waals surface area contributed by atoms with Gasteiger partial charge in [-0.25, -0.2) is 0 Å². The zero-order valence-electron chi connectivity index (χ0n) is 11.7. The minimum atomic E-state index is -0.0433. The van der Waals surface area contributed by atoms with Gasteiger partial charge in [0, 0.05) is 18.7 Å². The zero-order chi connectivity index (χ0) is 13.8. The van der Waals surface area contributed by atoms with Crippen LogP contribution in [-0.2, 0) is 10.2 Å². The number of aryl methyl sites for hydroxylation is 1. The lowest BCUT2D eigenvalue weighted by Crippen LogP contribution is -2.15. The summed E-state index contributed by atoms with van der Waals surface area (Å²) in [6.07, 6.45) is 0.861. The molecule has 1 rings (SSSR count). The minimum absolute atomic E-state index is 0.0433. The van der Waals surface area contributed by atoms with Crippen LogP contribution in [0.4, 0.5) is 5.69 Å². The summed E-state index contributed by atoms with van der Waals surface area (Å²) >= 11 is 0. The van der Waals surface area contributed by atoms with Crippen molar-refractivity contribution in [3.8, 4) is 0 Å². The zero-order valence-corrected chi connectivity index (χ0v) is 11.7. The third-order valence-corrected chi connectivity index (χ3v) is 2.94. The SMILES string of the molecule is Cc1ccc(C(C)(C)C)cc1NC(=O)CCCO. The Kier molecular flexibility index (Phi) is 4.91. The number of amides is 1. The van der Waals surface area contributed by atoms with Crippen molar-refractivity contribution < 1.29 is 9.90 Å². The molecule has 0 radical (unpaired) electrons. The summed E-state index contributed by atoms with van der Waals surface area (Å²) in [5.41, 5.74) is 3.19. The summed E-state index contributed by atoms with van der Waals surface area (Å²) in [6, 6.07) is 6.16. The number of carbonyl (C=O) groups is 1. The van der Waals surface area contributed by atoms with Gasteiger partial charge in [0.25, 0.3) is 0 Å². The van der Waals surface area contributed by atoms with Gasteiger partial charge in [-0.05, 0) is 36.0 Å². The second-order valence-electron chi connectivity index (χ2n) is 5.66. The second kappa shape index (κ2) is 6.01. The highest BCUT2D eigenvalue weighted by Gasteiger charge is 2.15. The van der Waals surface area contributed by atoms with Crippen LogP contribution in [0.5, 0.6) is 0 Å². The fourth-order valence-electron chi connectivity index (χ4n) is 1.68. The molecule has 18 heavy (non-hydrogen) atoms. The van der Waals surface area contributed by atoms with Crippen LogP contribution in [0.1, 0.15) is 44.7 Å². The Balaban J connectivity index is 2.85. The van der Waals surface area contributed by atoms with Crippen molar-refractivity contribution in [1.82, 2.24) is 0 Å². The summed E-state index contributed by atoms with van der Waals surface area (Å²) in [6.45, 7) is 8.47. The van der Waals surface area contributed by atoms with E-state index in [1.807, 2.05) is 19.1 Å². The molecule has 0 aliphatic heterocycles. The van der Waals surface area contributed by atoms with Crippen LogP contribution >= 0.6 is 0 Å². The molecule has 0 saturated carbocycles. The molecule has 1 aromatic carbocycles. The number of carbonyl (C=O) groups excluding carboxylic acids is 1. The first-order valence-corrected chi connectivity index (χ1v) is 6.36. The quantitative estimate of drug-likeness (QED) is 0.861. The Morgan fingerprint density at radius 3 is 2.56 bits per heavy atom. The van der Waals surface area contributed by atoms with Crippen molar-refractivity contribution in [2.75, 3.05) is 11.9 Å². The van der Waals surface area contributed by atoms with Gasteiger partial charge >= 0.3 is 0 Å². The van der Waals surface area contributed by atoms with Crippen LogP contribution in [0.15, 0.2) is 18.2 Å². The van der Waals surface area contributed by atoms with E-state index in [0.717, 1.165) is 11.3 Å². The van der Waals surface area contributed by atoms with Crippen molar-refractivity contribution in [3.05, 3.63) is 29.3 Å². The van der Waals surface area contributed by atoms with Crippen LogP contribution in [-0.4, -0.2) is 17.6 Å². The van der Waals surface area contributed by atoms with Crippen LogP contribution in [0.3, 0.4) is 0 Å². The van der Waals surface area contributed by atoms with Crippen LogP contribution in [0.2, 0.25) is 0 Å². The molecule has 0 fully saturated rings. The van der Waals surface area contributed by atoms with Gasteiger partial charge in [0.05, 0.1) is 0 Å². The highest BCUT2D eigenvalue weighted by atomic mass is 16.3. The standard InChI is InChI=1S/C15H23NO2/c1-11-7-8-12(15(2,3)4)10-13(11)16-14(18)6-5-9-17/h7-8,10,17H,5-6,9H2,1-4H3,(H,16,18). The topological polar surface area (TPSA) is 49.3 Å². The lowest BCUT2D eigenvalue weighted by atomic mass is 9.86. The molecule has 3 nitrogen and oxygen atoms in total. The van der Waals surface area contributed by atoms with E-state index in [1.54, 1.807) is 0 Å². The first-order chi connectivity index (χ1) is 8.34. The average Bonchev–Trinajstić information content (AvgIpc) is 2.28. The van der Waals surface area contributed by atoms with Gasteiger partial charge in [0.15, 0.2) is 0 Å². The summed E-state index contributed by atoms with van der Waals surface area (Å²) in [7, 11) is 0. The lowest BCUT2D eigenvalue weighted by molar-refractivity contribution is -0.116. The molecule has 0 aromatic heterocycles. The molecule has 0 heterocycles. The molecule has 3 heteroatoms. The molecule has 0 aliphatic carbocycles. The Hall–Kier alpha value is -1.35. The van der Waals surface area contributed by atoms with Crippen molar-refractivity contribution in [2.24, 2.45) is 0 Å². The van der Waals surface area contributed by atoms with Crippen molar-refractivity contribution >= 4 is 11.6 Å². The molecule has 100 valence electrons. The van der Waals surface area contributed by atoms with E-state index in [2.05, 4.69) is 32.2 Å². The number of aliphatic hydroxyl groups is 1. The normalized spacial score (nSPS) is 11.4. The smallest absolute Gasteiger partial charge is 0.224 e. The summed E-state index contributed by atoms with van der Waals surface area (Å²) < 4.78 is 0. The molecule has 1 amide bonds. The number of anilines is 1. The van der Waals surface area contributed by atoms with Crippen molar-refractivity contribution in [1.29, 1.82) is 0 Å². The summed E-state index contributed by atoms with van der Waals surface area (Å²) in [5, 5.41) is 11.6. The molecule has 0 atom stereocenters. The summed E-state index contributed by atoms with van der Waals surface area (Å²) in [5.74, 6) is -0.0433. The Labute approximate surface area is 109 Å². The van der Waals surface area contributed by atoms with E-state index in [4.69, 9.17) is 5.11 Å². The molecule has 0 unspecified atom stereocenters. The van der Waals surface area contributed by atoms with Gasteiger partial charge in [0.1, 0.15) is 0 Å². The number of hydrogen-bond donors (Lipinski definition) is 2. The van der Waals surface area contributed by atoms with Gasteiger partial charge in [0.2, 0.25) is 5.91 Å². The fourth-order valence-corrected chi connectivity index (χ4v) is 1.68. The lowest BCUT2D eigenvalue weighted by Gasteiger charge is -2.21. The summed E-state index contributed by atoms with van der Waals surface area (Å²) in [4.78, 5) is 11.7. The van der Waals surface area contributed by atoms with Crippen molar-refractivity contribution in [2.45, 2.75) is 46.0 Å². The average molecular weight is 249 g/mol. The van der Waals surface area contributed by atoms with E-state index >= 15 is 0 Å². The predicted molar refractivity (Wildman–Crippen MR) is 74.8 cm³/mol. The maximum atomic E-state index is 11.7. The maximum Gasteiger partial charge on any atom is 0.224 e. The molecule has 0 saturated heterocycles. The van der Waals surface area contributed by atoms with E-state index in [9.17, 15) is 4.79 Å². The maximum absolute atomic E-state index is 11.7. The largest absolute Gasteiger partial charge is 0.396 e. The van der Waals surface area contributed by atoms with E-state index in [0.29, 0.717) is 12.8 Å². The van der Waals surface area contributed by atoms with E-state index < -0.39 is 0 Å². The van der Waals surface area contributed by atoms with Gasteiger partial charge in [-0.2, -0.15) is 0 Å². The minimum Gasteiger partial charge on any atom is -0.396 e. The molecule has 0 aliphatic rings. The Morgan fingerprint density at radius 1 is 1.33 bits per heavy atom.